The third-order valence-electron chi connectivity index (χ3n) is 3.03. The maximum Gasteiger partial charge on any atom is 0.253 e. The first-order valence-corrected chi connectivity index (χ1v) is 7.42. The Hall–Kier alpha value is -2.39. The van der Waals surface area contributed by atoms with E-state index in [0.29, 0.717) is 17.4 Å². The van der Waals surface area contributed by atoms with E-state index < -0.39 is 0 Å². The highest BCUT2D eigenvalue weighted by Crippen LogP contribution is 2.23. The van der Waals surface area contributed by atoms with Crippen LogP contribution in [-0.4, -0.2) is 24.8 Å². The van der Waals surface area contributed by atoms with Crippen LogP contribution in [-0.2, 0) is 6.42 Å². The normalized spacial score (nSPS) is 12.2. The fraction of sp³-hybridized carbons (Fsp3) is 0.200. The predicted octanol–water partition coefficient (Wildman–Crippen LogP) is 2.66. The Balaban J connectivity index is 1.75. The van der Waals surface area contributed by atoms with Crippen molar-refractivity contribution in [2.75, 3.05) is 0 Å². The van der Waals surface area contributed by atoms with Crippen molar-refractivity contribution in [3.8, 4) is 6.07 Å². The van der Waals surface area contributed by atoms with Crippen LogP contribution in [0, 0.1) is 18.3 Å². The van der Waals surface area contributed by atoms with Crippen LogP contribution < -0.4 is 0 Å². The Morgan fingerprint density at radius 2 is 2.14 bits per heavy atom. The molecule has 0 saturated heterocycles. The van der Waals surface area contributed by atoms with Gasteiger partial charge in [0.2, 0.25) is 5.16 Å². The summed E-state index contributed by atoms with van der Waals surface area (Å²) in [5.41, 5.74) is 2.36. The minimum absolute atomic E-state index is 0.217. The van der Waals surface area contributed by atoms with E-state index in [4.69, 9.17) is 0 Å². The molecule has 3 aromatic rings. The Morgan fingerprint density at radius 3 is 2.86 bits per heavy atom. The molecule has 1 aromatic carbocycles. The van der Waals surface area contributed by atoms with Gasteiger partial charge in [0.1, 0.15) is 5.25 Å². The summed E-state index contributed by atoms with van der Waals surface area (Å²) in [5.74, 6) is 0.548. The van der Waals surface area contributed by atoms with Crippen LogP contribution in [0.5, 0.6) is 0 Å². The van der Waals surface area contributed by atoms with Gasteiger partial charge in [0.25, 0.3) is 5.78 Å². The van der Waals surface area contributed by atoms with Crippen molar-refractivity contribution in [3.05, 3.63) is 53.9 Å². The molecular weight excluding hydrogens is 282 g/mol. The molecule has 0 radical (unpaired) electrons. The number of thioether (sulfide) groups is 1. The van der Waals surface area contributed by atoms with Crippen LogP contribution >= 0.6 is 11.8 Å². The number of fused-ring (bicyclic) bond motifs is 1. The molecule has 0 aliphatic rings. The van der Waals surface area contributed by atoms with Crippen LogP contribution in [0.1, 0.15) is 11.1 Å². The second-order valence-corrected chi connectivity index (χ2v) is 5.85. The molecule has 0 fully saturated rings. The van der Waals surface area contributed by atoms with Gasteiger partial charge in [-0.3, -0.25) is 0 Å². The van der Waals surface area contributed by atoms with Gasteiger partial charge < -0.3 is 0 Å². The van der Waals surface area contributed by atoms with E-state index in [1.807, 2.05) is 6.92 Å². The molecule has 0 N–H and O–H groups in total. The molecule has 0 amide bonds. The van der Waals surface area contributed by atoms with E-state index in [9.17, 15) is 5.26 Å². The number of nitrogens with zero attached hydrogens (tertiary/aromatic N) is 5. The van der Waals surface area contributed by atoms with E-state index in [0.717, 1.165) is 5.56 Å². The van der Waals surface area contributed by atoms with Gasteiger partial charge in [0, 0.05) is 12.4 Å². The Morgan fingerprint density at radius 1 is 1.33 bits per heavy atom. The summed E-state index contributed by atoms with van der Waals surface area (Å²) >= 11 is 1.37. The van der Waals surface area contributed by atoms with Gasteiger partial charge in [-0.05, 0) is 25.0 Å². The zero-order valence-corrected chi connectivity index (χ0v) is 12.3. The minimum Gasteiger partial charge on any atom is -0.220 e. The average Bonchev–Trinajstić information content (AvgIpc) is 2.91. The van der Waals surface area contributed by atoms with Gasteiger partial charge >= 0.3 is 0 Å². The monoisotopic (exact) mass is 295 g/mol. The van der Waals surface area contributed by atoms with Gasteiger partial charge in [0.05, 0.1) is 6.07 Å². The van der Waals surface area contributed by atoms with Crippen molar-refractivity contribution in [2.45, 2.75) is 23.8 Å². The quantitative estimate of drug-likeness (QED) is 0.692. The summed E-state index contributed by atoms with van der Waals surface area (Å²) in [5, 5.41) is 14.0. The Kier molecular flexibility index (Phi) is 3.84. The predicted molar refractivity (Wildman–Crippen MR) is 80.9 cm³/mol. The number of aromatic nitrogens is 4. The molecule has 2 aromatic heterocycles. The van der Waals surface area contributed by atoms with Gasteiger partial charge in [-0.2, -0.15) is 10.2 Å². The molecule has 1 unspecified atom stereocenters. The molecule has 6 heteroatoms. The first-order valence-electron chi connectivity index (χ1n) is 6.54. The van der Waals surface area contributed by atoms with Crippen molar-refractivity contribution >= 4 is 17.5 Å². The second kappa shape index (κ2) is 5.94. The molecule has 0 bridgehead atoms. The third-order valence-corrected chi connectivity index (χ3v) is 3.97. The largest absolute Gasteiger partial charge is 0.253 e. The molecule has 21 heavy (non-hydrogen) atoms. The first kappa shape index (κ1) is 13.6. The van der Waals surface area contributed by atoms with Crippen LogP contribution in [0.25, 0.3) is 5.78 Å². The number of rotatable bonds is 4. The number of hydrogen-bond donors (Lipinski definition) is 0. The van der Waals surface area contributed by atoms with E-state index >= 15 is 0 Å². The van der Waals surface area contributed by atoms with Crippen LogP contribution in [0.2, 0.25) is 0 Å². The fourth-order valence-corrected chi connectivity index (χ4v) is 2.80. The fourth-order valence-electron chi connectivity index (χ4n) is 1.94. The maximum atomic E-state index is 9.33. The molecule has 104 valence electrons. The smallest absolute Gasteiger partial charge is 0.220 e. The first-order chi connectivity index (χ1) is 10.2. The lowest BCUT2D eigenvalue weighted by atomic mass is 10.1. The number of nitriles is 1. The summed E-state index contributed by atoms with van der Waals surface area (Å²) < 4.78 is 1.61. The lowest BCUT2D eigenvalue weighted by molar-refractivity contribution is 0.875. The van der Waals surface area contributed by atoms with Crippen LogP contribution in [0.15, 0.2) is 47.9 Å². The van der Waals surface area contributed by atoms with Crippen molar-refractivity contribution < 1.29 is 0 Å². The molecule has 1 atom stereocenters. The summed E-state index contributed by atoms with van der Waals surface area (Å²) in [6.07, 6.45) is 4.14. The second-order valence-electron chi connectivity index (χ2n) is 4.68. The molecule has 0 aliphatic heterocycles. The average molecular weight is 295 g/mol. The number of hydrogen-bond acceptors (Lipinski definition) is 5. The van der Waals surface area contributed by atoms with E-state index in [1.54, 1.807) is 23.0 Å². The number of benzene rings is 1. The molecule has 2 heterocycles. The van der Waals surface area contributed by atoms with E-state index in [-0.39, 0.29) is 5.25 Å². The molecule has 5 nitrogen and oxygen atoms in total. The highest BCUT2D eigenvalue weighted by Gasteiger charge is 2.14. The van der Waals surface area contributed by atoms with Gasteiger partial charge in [0.15, 0.2) is 0 Å². The van der Waals surface area contributed by atoms with Gasteiger partial charge in [-0.25, -0.2) is 9.50 Å². The minimum atomic E-state index is -0.217. The van der Waals surface area contributed by atoms with Crippen molar-refractivity contribution in [2.24, 2.45) is 0 Å². The molecular formula is C15H13N5S. The molecule has 0 aliphatic carbocycles. The lowest BCUT2D eigenvalue weighted by Gasteiger charge is -2.06. The SMILES string of the molecule is Cc1ccc(CC(C#N)Sc2nc3ncccn3n2)cc1. The maximum absolute atomic E-state index is 9.33. The van der Waals surface area contributed by atoms with E-state index in [2.05, 4.69) is 45.4 Å². The highest BCUT2D eigenvalue weighted by atomic mass is 32.2. The summed E-state index contributed by atoms with van der Waals surface area (Å²) in [6, 6.07) is 12.3. The van der Waals surface area contributed by atoms with Crippen molar-refractivity contribution in [3.63, 3.8) is 0 Å². The van der Waals surface area contributed by atoms with Crippen LogP contribution in [0.3, 0.4) is 0 Å². The van der Waals surface area contributed by atoms with Crippen molar-refractivity contribution in [1.29, 1.82) is 5.26 Å². The Labute approximate surface area is 126 Å². The summed E-state index contributed by atoms with van der Waals surface area (Å²) in [6.45, 7) is 2.05. The Bertz CT molecular complexity index is 755. The topological polar surface area (TPSA) is 66.9 Å². The lowest BCUT2D eigenvalue weighted by Crippen LogP contribution is -2.04. The van der Waals surface area contributed by atoms with Crippen molar-refractivity contribution in [1.82, 2.24) is 19.6 Å². The molecule has 0 spiro atoms. The third kappa shape index (κ3) is 3.20. The summed E-state index contributed by atoms with van der Waals surface area (Å²) in [4.78, 5) is 8.43. The molecule has 3 rings (SSSR count). The van der Waals surface area contributed by atoms with Gasteiger partial charge in [-0.1, -0.05) is 41.6 Å². The van der Waals surface area contributed by atoms with E-state index in [1.165, 1.54) is 17.3 Å². The molecule has 0 saturated carbocycles. The van der Waals surface area contributed by atoms with Gasteiger partial charge in [-0.15, -0.1) is 5.10 Å². The zero-order valence-electron chi connectivity index (χ0n) is 11.5. The highest BCUT2D eigenvalue weighted by molar-refractivity contribution is 8.00. The number of aryl methyl sites for hydroxylation is 1. The van der Waals surface area contributed by atoms with Crippen LogP contribution in [0.4, 0.5) is 0 Å². The summed E-state index contributed by atoms with van der Waals surface area (Å²) in [7, 11) is 0. The zero-order chi connectivity index (χ0) is 14.7. The standard InChI is InChI=1S/C15H13N5S/c1-11-3-5-12(6-4-11)9-13(10-16)21-15-18-14-17-7-2-8-20(14)19-15/h2-8,13H,9H2,1H3.